The van der Waals surface area contributed by atoms with E-state index in [9.17, 15) is 13.2 Å². The molecule has 1 aromatic carbocycles. The van der Waals surface area contributed by atoms with Crippen molar-refractivity contribution in [3.63, 3.8) is 0 Å². The van der Waals surface area contributed by atoms with E-state index in [1.807, 2.05) is 19.2 Å². The number of sulfonamides is 1. The van der Waals surface area contributed by atoms with Gasteiger partial charge < -0.3 is 14.6 Å². The molecule has 3 rings (SSSR count). The zero-order chi connectivity index (χ0) is 19.3. The summed E-state index contributed by atoms with van der Waals surface area (Å²) >= 11 is 0. The third kappa shape index (κ3) is 5.18. The van der Waals surface area contributed by atoms with Crippen LogP contribution in [0.1, 0.15) is 25.0 Å². The first kappa shape index (κ1) is 19.6. The van der Waals surface area contributed by atoms with Gasteiger partial charge in [-0.15, -0.1) is 0 Å². The van der Waals surface area contributed by atoms with Crippen LogP contribution in [0.2, 0.25) is 0 Å². The van der Waals surface area contributed by atoms with Crippen LogP contribution < -0.4 is 10.2 Å². The van der Waals surface area contributed by atoms with Crippen molar-refractivity contribution in [2.24, 2.45) is 0 Å². The van der Waals surface area contributed by atoms with Gasteiger partial charge in [-0.3, -0.25) is 4.79 Å². The van der Waals surface area contributed by atoms with E-state index >= 15 is 0 Å². The number of likely N-dealkylation sites (N-methyl/N-ethyl adjacent to an activating group) is 1. The minimum absolute atomic E-state index is 0.174. The van der Waals surface area contributed by atoms with E-state index in [1.165, 1.54) is 10.4 Å². The average molecular weight is 393 g/mol. The average Bonchev–Trinajstić information content (AvgIpc) is 3.15. The lowest BCUT2D eigenvalue weighted by Gasteiger charge is -2.26. The van der Waals surface area contributed by atoms with Gasteiger partial charge in [0, 0.05) is 18.8 Å². The molecular weight excluding hydrogens is 366 g/mol. The first-order chi connectivity index (χ1) is 12.9. The highest BCUT2D eigenvalue weighted by Gasteiger charge is 2.26. The van der Waals surface area contributed by atoms with Crippen molar-refractivity contribution in [3.05, 3.63) is 48.4 Å². The predicted molar refractivity (Wildman–Crippen MR) is 102 cm³/mol. The van der Waals surface area contributed by atoms with E-state index in [0.717, 1.165) is 29.9 Å². The molecule has 1 aliphatic heterocycles. The lowest BCUT2D eigenvalue weighted by molar-refractivity contribution is -0.886. The van der Waals surface area contributed by atoms with Crippen molar-refractivity contribution in [1.82, 2.24) is 4.31 Å². The number of nitrogens with zero attached hydrogens (tertiary/aromatic N) is 1. The minimum Gasteiger partial charge on any atom is -0.463 e. The summed E-state index contributed by atoms with van der Waals surface area (Å²) in [6, 6.07) is 10.2. The lowest BCUT2D eigenvalue weighted by atomic mass is 10.2. The molecule has 1 aromatic heterocycles. The van der Waals surface area contributed by atoms with Gasteiger partial charge in [-0.2, -0.15) is 4.31 Å². The van der Waals surface area contributed by atoms with Crippen LogP contribution in [-0.4, -0.2) is 45.3 Å². The second-order valence-electron chi connectivity index (χ2n) is 6.93. The summed E-state index contributed by atoms with van der Waals surface area (Å²) in [5.74, 6) is 0.640. The minimum atomic E-state index is -3.51. The van der Waals surface area contributed by atoms with Gasteiger partial charge in [-0.1, -0.05) is 12.5 Å². The van der Waals surface area contributed by atoms with Crippen LogP contribution >= 0.6 is 0 Å². The molecule has 1 unspecified atom stereocenters. The van der Waals surface area contributed by atoms with E-state index in [-0.39, 0.29) is 17.3 Å². The van der Waals surface area contributed by atoms with Gasteiger partial charge in [0.2, 0.25) is 10.0 Å². The van der Waals surface area contributed by atoms with Gasteiger partial charge >= 0.3 is 0 Å². The quantitative estimate of drug-likeness (QED) is 0.739. The number of benzene rings is 1. The van der Waals surface area contributed by atoms with Crippen molar-refractivity contribution in [1.29, 1.82) is 0 Å². The van der Waals surface area contributed by atoms with Crippen LogP contribution in [0.25, 0.3) is 0 Å². The molecule has 2 heterocycles. The third-order valence-corrected chi connectivity index (χ3v) is 6.48. The molecule has 27 heavy (non-hydrogen) atoms. The number of hydrogen-bond acceptors (Lipinski definition) is 4. The lowest BCUT2D eigenvalue weighted by Crippen LogP contribution is -3.08. The Hall–Kier alpha value is -2.16. The summed E-state index contributed by atoms with van der Waals surface area (Å²) < 4.78 is 32.4. The number of rotatable bonds is 7. The van der Waals surface area contributed by atoms with E-state index in [1.54, 1.807) is 24.5 Å². The summed E-state index contributed by atoms with van der Waals surface area (Å²) in [6.45, 7) is 1.97. The van der Waals surface area contributed by atoms with Crippen molar-refractivity contribution in [3.8, 4) is 0 Å². The number of carbonyl (C=O) groups is 1. The highest BCUT2D eigenvalue weighted by Crippen LogP contribution is 2.22. The topological polar surface area (TPSA) is 84.1 Å². The molecule has 146 valence electrons. The van der Waals surface area contributed by atoms with Crippen LogP contribution in [0.15, 0.2) is 52.0 Å². The second-order valence-corrected chi connectivity index (χ2v) is 8.87. The molecule has 1 atom stereocenters. The van der Waals surface area contributed by atoms with Crippen molar-refractivity contribution < 1.29 is 22.5 Å². The van der Waals surface area contributed by atoms with Gasteiger partial charge in [-0.25, -0.2) is 8.42 Å². The van der Waals surface area contributed by atoms with Gasteiger partial charge in [0.15, 0.2) is 12.3 Å². The van der Waals surface area contributed by atoms with E-state index in [4.69, 9.17) is 4.42 Å². The molecule has 1 fully saturated rings. The van der Waals surface area contributed by atoms with Crippen LogP contribution in [-0.2, 0) is 21.4 Å². The zero-order valence-corrected chi connectivity index (χ0v) is 16.3. The number of anilines is 1. The fourth-order valence-electron chi connectivity index (χ4n) is 3.24. The smallest absolute Gasteiger partial charge is 0.279 e. The molecule has 0 spiro atoms. The van der Waals surface area contributed by atoms with Crippen LogP contribution in [0.3, 0.4) is 0 Å². The first-order valence-electron chi connectivity index (χ1n) is 9.19. The maximum Gasteiger partial charge on any atom is 0.279 e. The molecule has 1 saturated heterocycles. The monoisotopic (exact) mass is 392 g/mol. The highest BCUT2D eigenvalue weighted by atomic mass is 32.2. The molecule has 2 N–H and O–H groups in total. The van der Waals surface area contributed by atoms with Gasteiger partial charge in [-0.05, 0) is 43.2 Å². The van der Waals surface area contributed by atoms with Crippen LogP contribution in [0.4, 0.5) is 5.69 Å². The molecule has 0 saturated carbocycles. The Morgan fingerprint density at radius 3 is 2.67 bits per heavy atom. The number of furan rings is 1. The summed E-state index contributed by atoms with van der Waals surface area (Å²) in [5.41, 5.74) is 0.490. The number of hydrogen-bond donors (Lipinski definition) is 2. The maximum absolute atomic E-state index is 12.8. The van der Waals surface area contributed by atoms with E-state index < -0.39 is 10.0 Å². The maximum atomic E-state index is 12.8. The predicted octanol–water partition coefficient (Wildman–Crippen LogP) is 1.11. The number of carbonyl (C=O) groups excluding carboxylic acids is 1. The molecule has 8 heteroatoms. The molecule has 7 nitrogen and oxygen atoms in total. The van der Waals surface area contributed by atoms with Crippen LogP contribution in [0.5, 0.6) is 0 Å². The third-order valence-electron chi connectivity index (χ3n) is 4.59. The Labute approximate surface area is 160 Å². The Bertz CT molecular complexity index is 859. The molecule has 0 aliphatic carbocycles. The van der Waals surface area contributed by atoms with E-state index in [0.29, 0.717) is 25.3 Å². The van der Waals surface area contributed by atoms with E-state index in [2.05, 4.69) is 5.32 Å². The molecule has 0 bridgehead atoms. The standard InChI is InChI=1S/C19H25N3O4S/c1-21(14-17-8-6-12-26-17)15-19(23)20-16-7-5-9-18(13-16)27(24,25)22-10-3-2-4-11-22/h5-9,12-13H,2-4,10-11,14-15H2,1H3,(H,20,23)/p+1. The number of piperidine rings is 1. The van der Waals surface area contributed by atoms with Gasteiger partial charge in [0.1, 0.15) is 6.54 Å². The Balaban J connectivity index is 1.62. The van der Waals surface area contributed by atoms with Crippen LogP contribution in [0, 0.1) is 0 Å². The molecule has 2 aromatic rings. The molecular formula is C19H26N3O4S+. The Morgan fingerprint density at radius 1 is 1.19 bits per heavy atom. The molecule has 0 radical (unpaired) electrons. The fraction of sp³-hybridized carbons (Fsp3) is 0.421. The Morgan fingerprint density at radius 2 is 1.96 bits per heavy atom. The molecule has 1 amide bonds. The SMILES string of the molecule is C[NH+](CC(=O)Nc1cccc(S(=O)(=O)N2CCCCC2)c1)Cc1ccco1. The number of nitrogens with one attached hydrogen (secondary N) is 2. The summed E-state index contributed by atoms with van der Waals surface area (Å²) in [6.07, 6.45) is 4.45. The summed E-state index contributed by atoms with van der Waals surface area (Å²) in [5, 5.41) is 2.79. The molecule has 1 aliphatic rings. The normalized spacial score (nSPS) is 16.8. The van der Waals surface area contributed by atoms with Crippen molar-refractivity contribution >= 4 is 21.6 Å². The second kappa shape index (κ2) is 8.69. The highest BCUT2D eigenvalue weighted by molar-refractivity contribution is 7.89. The summed E-state index contributed by atoms with van der Waals surface area (Å²) in [4.78, 5) is 13.5. The van der Waals surface area contributed by atoms with Crippen molar-refractivity contribution in [2.75, 3.05) is 32.0 Å². The first-order valence-corrected chi connectivity index (χ1v) is 10.6. The Kier molecular flexibility index (Phi) is 6.30. The fourth-order valence-corrected chi connectivity index (χ4v) is 4.80. The summed E-state index contributed by atoms with van der Waals surface area (Å²) in [7, 11) is -1.61. The number of quaternary nitrogens is 1. The van der Waals surface area contributed by atoms with Crippen molar-refractivity contribution in [2.45, 2.75) is 30.7 Å². The zero-order valence-electron chi connectivity index (χ0n) is 15.5. The number of amides is 1. The van der Waals surface area contributed by atoms with Gasteiger partial charge in [0.05, 0.1) is 18.2 Å². The largest absolute Gasteiger partial charge is 0.463 e. The van der Waals surface area contributed by atoms with Gasteiger partial charge in [0.25, 0.3) is 5.91 Å².